The largest absolute Gasteiger partial charge is 0.386 e. The van der Waals surface area contributed by atoms with E-state index in [1.54, 1.807) is 6.92 Å². The van der Waals surface area contributed by atoms with Gasteiger partial charge >= 0.3 is 0 Å². The number of aliphatic imine (C=N–C) groups is 1. The normalized spacial score (nSPS) is 24.3. The first-order chi connectivity index (χ1) is 13.8. The first kappa shape index (κ1) is 20.5. The van der Waals surface area contributed by atoms with Crippen molar-refractivity contribution in [3.8, 4) is 6.07 Å². The van der Waals surface area contributed by atoms with Gasteiger partial charge in [0, 0.05) is 17.8 Å². The fraction of sp³-hybridized carbons (Fsp3) is 0.368. The number of amides is 1. The second-order valence-electron chi connectivity index (χ2n) is 6.84. The molecule has 29 heavy (non-hydrogen) atoms. The molecule has 0 radical (unpaired) electrons. The molecule has 2 heterocycles. The number of nitrogens with zero attached hydrogens (tertiary/aromatic N) is 3. The maximum atomic E-state index is 14.5. The van der Waals surface area contributed by atoms with Gasteiger partial charge in [-0.25, -0.2) is 18.2 Å². The van der Waals surface area contributed by atoms with Crippen molar-refractivity contribution in [2.45, 2.75) is 25.3 Å². The number of pyridine rings is 1. The van der Waals surface area contributed by atoms with Crippen LogP contribution in [0.5, 0.6) is 0 Å². The molecule has 3 N–H and O–H groups in total. The van der Waals surface area contributed by atoms with Crippen LogP contribution in [0.25, 0.3) is 0 Å². The van der Waals surface area contributed by atoms with Crippen molar-refractivity contribution >= 4 is 11.7 Å². The maximum absolute atomic E-state index is 14.5. The Kier molecular flexibility index (Phi) is 5.70. The Morgan fingerprint density at radius 1 is 1.48 bits per heavy atom. The van der Waals surface area contributed by atoms with E-state index in [4.69, 9.17) is 15.7 Å². The zero-order valence-electron chi connectivity index (χ0n) is 15.5. The van der Waals surface area contributed by atoms with E-state index < -0.39 is 36.2 Å². The SMILES string of the molecule is Cc1cc(C#N)cnc1C(=O)NC1=CC=C(F)C([C@]2(C(F)F)COCC(N)=N2)C1. The Morgan fingerprint density at radius 3 is 2.86 bits per heavy atom. The second-order valence-corrected chi connectivity index (χ2v) is 6.84. The molecule has 1 unspecified atom stereocenters. The minimum absolute atomic E-state index is 0.0725. The molecule has 0 spiro atoms. The van der Waals surface area contributed by atoms with Crippen molar-refractivity contribution in [1.29, 1.82) is 5.26 Å². The van der Waals surface area contributed by atoms with Gasteiger partial charge in [0.25, 0.3) is 12.3 Å². The second kappa shape index (κ2) is 8.05. The number of carbonyl (C=O) groups excluding carboxylic acids is 1. The highest BCUT2D eigenvalue weighted by Gasteiger charge is 2.51. The summed E-state index contributed by atoms with van der Waals surface area (Å²) in [5.41, 5.74) is 4.47. The summed E-state index contributed by atoms with van der Waals surface area (Å²) in [7, 11) is 0. The molecule has 10 heteroatoms. The molecule has 0 saturated heterocycles. The van der Waals surface area contributed by atoms with Gasteiger partial charge < -0.3 is 15.8 Å². The van der Waals surface area contributed by atoms with Crippen LogP contribution in [0.1, 0.15) is 28.0 Å². The van der Waals surface area contributed by atoms with E-state index in [1.807, 2.05) is 6.07 Å². The van der Waals surface area contributed by atoms with Gasteiger partial charge in [-0.05, 0) is 37.1 Å². The zero-order valence-corrected chi connectivity index (χ0v) is 15.5. The summed E-state index contributed by atoms with van der Waals surface area (Å²) in [6.45, 7) is 1.02. The van der Waals surface area contributed by atoms with Gasteiger partial charge in [-0.15, -0.1) is 0 Å². The number of ether oxygens (including phenoxy) is 1. The number of nitrogens with two attached hydrogens (primary N) is 1. The molecule has 0 aromatic carbocycles. The van der Waals surface area contributed by atoms with Gasteiger partial charge in [-0.3, -0.25) is 9.79 Å². The molecule has 3 rings (SSSR count). The van der Waals surface area contributed by atoms with E-state index in [0.717, 1.165) is 6.08 Å². The third kappa shape index (κ3) is 4.00. The molecule has 1 aliphatic carbocycles. The highest BCUT2D eigenvalue weighted by Crippen LogP contribution is 2.42. The van der Waals surface area contributed by atoms with Crippen LogP contribution in [-0.2, 0) is 4.74 Å². The summed E-state index contributed by atoms with van der Waals surface area (Å²) >= 11 is 0. The van der Waals surface area contributed by atoms with Gasteiger partial charge in [-0.1, -0.05) is 0 Å². The number of nitrogens with one attached hydrogen (secondary N) is 1. The topological polar surface area (TPSA) is 113 Å². The number of aromatic nitrogens is 1. The number of halogens is 3. The third-order valence-corrected chi connectivity index (χ3v) is 4.81. The Balaban J connectivity index is 1.84. The first-order valence-electron chi connectivity index (χ1n) is 8.71. The number of rotatable bonds is 4. The van der Waals surface area contributed by atoms with Gasteiger partial charge in [0.1, 0.15) is 30.0 Å². The lowest BCUT2D eigenvalue weighted by Crippen LogP contribution is -2.53. The average molecular weight is 405 g/mol. The van der Waals surface area contributed by atoms with E-state index in [-0.39, 0.29) is 30.3 Å². The van der Waals surface area contributed by atoms with Crippen molar-refractivity contribution in [2.75, 3.05) is 13.2 Å². The maximum Gasteiger partial charge on any atom is 0.274 e. The van der Waals surface area contributed by atoms with Crippen molar-refractivity contribution in [3.05, 3.63) is 52.8 Å². The van der Waals surface area contributed by atoms with Crippen LogP contribution in [0.4, 0.5) is 13.2 Å². The molecular weight excluding hydrogens is 387 g/mol. The Hall–Kier alpha value is -3.19. The Bertz CT molecular complexity index is 967. The van der Waals surface area contributed by atoms with Crippen molar-refractivity contribution in [3.63, 3.8) is 0 Å². The lowest BCUT2D eigenvalue weighted by Gasteiger charge is -2.39. The predicted molar refractivity (Wildman–Crippen MR) is 97.7 cm³/mol. The highest BCUT2D eigenvalue weighted by molar-refractivity contribution is 5.94. The van der Waals surface area contributed by atoms with Crippen molar-refractivity contribution in [1.82, 2.24) is 10.3 Å². The molecule has 1 aliphatic heterocycles. The minimum atomic E-state index is -3.03. The molecule has 1 amide bonds. The summed E-state index contributed by atoms with van der Waals surface area (Å²) in [6, 6.07) is 3.42. The zero-order chi connectivity index (χ0) is 21.2. The number of allylic oxidation sites excluding steroid dienone is 3. The number of alkyl halides is 2. The van der Waals surface area contributed by atoms with Crippen LogP contribution in [0.3, 0.4) is 0 Å². The fourth-order valence-corrected chi connectivity index (χ4v) is 3.36. The molecule has 1 aromatic rings. The summed E-state index contributed by atoms with van der Waals surface area (Å²) in [5, 5.41) is 11.5. The molecular formula is C19H18F3N5O2. The van der Waals surface area contributed by atoms with E-state index in [9.17, 15) is 18.0 Å². The minimum Gasteiger partial charge on any atom is -0.386 e. The van der Waals surface area contributed by atoms with Crippen molar-refractivity contribution in [2.24, 2.45) is 16.6 Å². The molecule has 2 atom stereocenters. The number of aryl methyl sites for hydroxylation is 1. The van der Waals surface area contributed by atoms with Gasteiger partial charge in [0.2, 0.25) is 0 Å². The molecule has 0 saturated carbocycles. The standard InChI is InChI=1S/C19H18F3N5O2/c1-10-4-11(6-23)7-25-16(10)17(28)26-12-2-3-14(20)13(5-12)19(18(21)22)9-29-8-15(24)27-19/h2-4,7,13,18H,5,8-9H2,1H3,(H2,24,27)(H,26,28)/t13?,19-/m0/s1. The lowest BCUT2D eigenvalue weighted by atomic mass is 9.78. The van der Waals surface area contributed by atoms with Crippen LogP contribution < -0.4 is 11.1 Å². The van der Waals surface area contributed by atoms with Crippen LogP contribution in [-0.4, -0.2) is 41.9 Å². The number of nitriles is 1. The number of hydrogen-bond donors (Lipinski definition) is 2. The number of hydrogen-bond acceptors (Lipinski definition) is 6. The molecule has 7 nitrogen and oxygen atoms in total. The summed E-state index contributed by atoms with van der Waals surface area (Å²) in [6.07, 6.45) is 0.324. The van der Waals surface area contributed by atoms with Crippen LogP contribution >= 0.6 is 0 Å². The smallest absolute Gasteiger partial charge is 0.274 e. The van der Waals surface area contributed by atoms with Gasteiger partial charge in [0.05, 0.1) is 12.2 Å². The summed E-state index contributed by atoms with van der Waals surface area (Å²) in [4.78, 5) is 20.3. The monoisotopic (exact) mass is 405 g/mol. The van der Waals surface area contributed by atoms with Gasteiger partial charge in [-0.2, -0.15) is 5.26 Å². The quantitative estimate of drug-likeness (QED) is 0.797. The molecule has 2 aliphatic rings. The summed E-state index contributed by atoms with van der Waals surface area (Å²) in [5.74, 6) is -2.88. The predicted octanol–water partition coefficient (Wildman–Crippen LogP) is 2.14. The van der Waals surface area contributed by atoms with Crippen LogP contribution in [0.15, 0.2) is 40.9 Å². The third-order valence-electron chi connectivity index (χ3n) is 4.81. The summed E-state index contributed by atoms with van der Waals surface area (Å²) < 4.78 is 47.4. The fourth-order valence-electron chi connectivity index (χ4n) is 3.36. The lowest BCUT2D eigenvalue weighted by molar-refractivity contribution is -0.0376. The Labute approximate surface area is 164 Å². The van der Waals surface area contributed by atoms with Crippen molar-refractivity contribution < 1.29 is 22.7 Å². The Morgan fingerprint density at radius 2 is 2.24 bits per heavy atom. The number of carbonyl (C=O) groups is 1. The molecule has 152 valence electrons. The van der Waals surface area contributed by atoms with Gasteiger partial charge in [0.15, 0.2) is 5.54 Å². The van der Waals surface area contributed by atoms with Crippen LogP contribution in [0, 0.1) is 24.2 Å². The van der Waals surface area contributed by atoms with E-state index in [0.29, 0.717) is 11.1 Å². The highest BCUT2D eigenvalue weighted by atomic mass is 19.3. The van der Waals surface area contributed by atoms with Crippen LogP contribution in [0.2, 0.25) is 0 Å². The van der Waals surface area contributed by atoms with E-state index >= 15 is 0 Å². The van der Waals surface area contributed by atoms with E-state index in [2.05, 4.69) is 15.3 Å². The van der Waals surface area contributed by atoms with E-state index in [1.165, 1.54) is 18.3 Å². The molecule has 0 bridgehead atoms. The number of amidine groups is 1. The molecule has 0 fully saturated rings. The average Bonchev–Trinajstić information content (AvgIpc) is 2.68. The first-order valence-corrected chi connectivity index (χ1v) is 8.71. The molecule has 1 aromatic heterocycles.